The van der Waals surface area contributed by atoms with Crippen LogP contribution in [0.4, 0.5) is 0 Å². The molecule has 1 saturated heterocycles. The van der Waals surface area contributed by atoms with Gasteiger partial charge in [-0.05, 0) is 37.8 Å². The zero-order chi connectivity index (χ0) is 15.2. The highest BCUT2D eigenvalue weighted by Gasteiger charge is 2.26. The number of benzene rings is 1. The van der Waals surface area contributed by atoms with Crippen LogP contribution in [0.3, 0.4) is 0 Å². The van der Waals surface area contributed by atoms with Crippen molar-refractivity contribution >= 4 is 0 Å². The lowest BCUT2D eigenvalue weighted by Crippen LogP contribution is -2.31. The first kappa shape index (κ1) is 16.3. The second kappa shape index (κ2) is 7.78. The lowest BCUT2D eigenvalue weighted by molar-refractivity contribution is 0.0857. The van der Waals surface area contributed by atoms with Gasteiger partial charge in [0.05, 0.1) is 19.3 Å². The first-order valence-corrected chi connectivity index (χ1v) is 7.80. The molecular formula is C17H27NO3. The molecule has 1 aliphatic rings. The molecule has 2 rings (SSSR count). The molecule has 0 radical (unpaired) electrons. The Bertz CT molecular complexity index is 450. The van der Waals surface area contributed by atoms with Crippen LogP contribution < -0.4 is 10.1 Å². The van der Waals surface area contributed by atoms with Crippen molar-refractivity contribution in [2.45, 2.75) is 38.9 Å². The zero-order valence-electron chi connectivity index (χ0n) is 13.3. The van der Waals surface area contributed by atoms with Crippen molar-refractivity contribution in [2.75, 3.05) is 26.8 Å². The van der Waals surface area contributed by atoms with Gasteiger partial charge in [0.1, 0.15) is 5.75 Å². The molecule has 1 heterocycles. The van der Waals surface area contributed by atoms with E-state index in [1.54, 1.807) is 7.11 Å². The van der Waals surface area contributed by atoms with Crippen molar-refractivity contribution in [1.29, 1.82) is 0 Å². The van der Waals surface area contributed by atoms with E-state index in [4.69, 9.17) is 9.47 Å². The van der Waals surface area contributed by atoms with Gasteiger partial charge in [-0.3, -0.25) is 0 Å². The van der Waals surface area contributed by atoms with Gasteiger partial charge >= 0.3 is 0 Å². The van der Waals surface area contributed by atoms with Gasteiger partial charge in [0.25, 0.3) is 0 Å². The number of aryl methyl sites for hydroxylation is 1. The van der Waals surface area contributed by atoms with Gasteiger partial charge in [-0.25, -0.2) is 0 Å². The van der Waals surface area contributed by atoms with Crippen molar-refractivity contribution in [3.8, 4) is 5.75 Å². The number of aliphatic hydroxyl groups is 1. The fraction of sp³-hybridized carbons (Fsp3) is 0.647. The number of nitrogens with one attached hydrogen (secondary N) is 1. The van der Waals surface area contributed by atoms with Crippen molar-refractivity contribution in [2.24, 2.45) is 5.92 Å². The molecular weight excluding hydrogens is 266 g/mol. The van der Waals surface area contributed by atoms with E-state index in [0.717, 1.165) is 42.9 Å². The molecule has 1 aliphatic heterocycles. The molecule has 21 heavy (non-hydrogen) atoms. The fourth-order valence-corrected chi connectivity index (χ4v) is 3.01. The largest absolute Gasteiger partial charge is 0.496 e. The summed E-state index contributed by atoms with van der Waals surface area (Å²) in [5.74, 6) is 1.30. The normalized spacial score (nSPS) is 23.2. The van der Waals surface area contributed by atoms with Crippen LogP contribution in [0.25, 0.3) is 0 Å². The predicted molar refractivity (Wildman–Crippen MR) is 83.7 cm³/mol. The summed E-state index contributed by atoms with van der Waals surface area (Å²) in [6.45, 7) is 6.47. The molecule has 1 fully saturated rings. The Balaban J connectivity index is 1.87. The summed E-state index contributed by atoms with van der Waals surface area (Å²) in [6.07, 6.45) is 1.97. The topological polar surface area (TPSA) is 50.7 Å². The minimum atomic E-state index is -0.553. The van der Waals surface area contributed by atoms with Crippen LogP contribution in [-0.2, 0) is 4.74 Å². The Morgan fingerprint density at radius 3 is 3.00 bits per heavy atom. The zero-order valence-corrected chi connectivity index (χ0v) is 13.3. The molecule has 2 N–H and O–H groups in total. The van der Waals surface area contributed by atoms with Gasteiger partial charge < -0.3 is 19.9 Å². The van der Waals surface area contributed by atoms with Crippen LogP contribution in [-0.4, -0.2) is 38.0 Å². The third kappa shape index (κ3) is 4.19. The molecule has 1 aromatic rings. The Hall–Kier alpha value is -1.10. The van der Waals surface area contributed by atoms with Crippen molar-refractivity contribution in [3.05, 3.63) is 29.3 Å². The molecule has 118 valence electrons. The van der Waals surface area contributed by atoms with Gasteiger partial charge in [-0.2, -0.15) is 0 Å². The Labute approximate surface area is 127 Å². The van der Waals surface area contributed by atoms with E-state index in [-0.39, 0.29) is 0 Å². The summed E-state index contributed by atoms with van der Waals surface area (Å²) in [4.78, 5) is 0. The average Bonchev–Trinajstić information content (AvgIpc) is 2.94. The first-order valence-electron chi connectivity index (χ1n) is 7.80. The van der Waals surface area contributed by atoms with Gasteiger partial charge in [0, 0.05) is 25.3 Å². The predicted octanol–water partition coefficient (Wildman–Crippen LogP) is 2.44. The second-order valence-corrected chi connectivity index (χ2v) is 5.79. The standard InChI is InChI=1S/C17H27NO3/c1-4-16-13(7-8-21-16)10-18-11-15(19)14-9-12(2)5-6-17(14)20-3/h5-6,9,13,15-16,18-19H,4,7-8,10-11H2,1-3H3. The Morgan fingerprint density at radius 1 is 1.48 bits per heavy atom. The molecule has 0 aromatic heterocycles. The van der Waals surface area contributed by atoms with E-state index in [2.05, 4.69) is 12.2 Å². The molecule has 0 saturated carbocycles. The van der Waals surface area contributed by atoms with Gasteiger partial charge in [-0.15, -0.1) is 0 Å². The lowest BCUT2D eigenvalue weighted by Gasteiger charge is -2.20. The highest BCUT2D eigenvalue weighted by molar-refractivity contribution is 5.38. The quantitative estimate of drug-likeness (QED) is 0.811. The monoisotopic (exact) mass is 293 g/mol. The van der Waals surface area contributed by atoms with Gasteiger partial charge in [-0.1, -0.05) is 18.6 Å². The van der Waals surface area contributed by atoms with Crippen LogP contribution >= 0.6 is 0 Å². The van der Waals surface area contributed by atoms with Crippen molar-refractivity contribution < 1.29 is 14.6 Å². The third-order valence-electron chi connectivity index (χ3n) is 4.24. The Kier molecular flexibility index (Phi) is 6.03. The summed E-state index contributed by atoms with van der Waals surface area (Å²) < 4.78 is 11.0. The molecule has 0 bridgehead atoms. The van der Waals surface area contributed by atoms with Gasteiger partial charge in [0.15, 0.2) is 0 Å². The summed E-state index contributed by atoms with van der Waals surface area (Å²) in [6, 6.07) is 5.88. The third-order valence-corrected chi connectivity index (χ3v) is 4.24. The number of rotatable bonds is 7. The molecule has 1 aromatic carbocycles. The molecule has 4 nitrogen and oxygen atoms in total. The maximum Gasteiger partial charge on any atom is 0.124 e. The highest BCUT2D eigenvalue weighted by atomic mass is 16.5. The van der Waals surface area contributed by atoms with Crippen LogP contribution in [0, 0.1) is 12.8 Å². The Morgan fingerprint density at radius 2 is 2.29 bits per heavy atom. The second-order valence-electron chi connectivity index (χ2n) is 5.79. The molecule has 0 aliphatic carbocycles. The van der Waals surface area contributed by atoms with E-state index >= 15 is 0 Å². The highest BCUT2D eigenvalue weighted by Crippen LogP contribution is 2.26. The smallest absolute Gasteiger partial charge is 0.124 e. The minimum Gasteiger partial charge on any atom is -0.496 e. The number of ether oxygens (including phenoxy) is 2. The van der Waals surface area contributed by atoms with E-state index in [9.17, 15) is 5.11 Å². The summed E-state index contributed by atoms with van der Waals surface area (Å²) in [5, 5.41) is 13.8. The fourth-order valence-electron chi connectivity index (χ4n) is 3.01. The summed E-state index contributed by atoms with van der Waals surface area (Å²) >= 11 is 0. The summed E-state index contributed by atoms with van der Waals surface area (Å²) in [7, 11) is 1.63. The van der Waals surface area contributed by atoms with Crippen LogP contribution in [0.1, 0.15) is 37.0 Å². The molecule has 4 heteroatoms. The van der Waals surface area contributed by atoms with E-state index in [1.807, 2.05) is 25.1 Å². The maximum absolute atomic E-state index is 10.4. The molecule has 0 spiro atoms. The van der Waals surface area contributed by atoms with Crippen molar-refractivity contribution in [1.82, 2.24) is 5.32 Å². The van der Waals surface area contributed by atoms with E-state index in [0.29, 0.717) is 18.6 Å². The van der Waals surface area contributed by atoms with E-state index < -0.39 is 6.10 Å². The lowest BCUT2D eigenvalue weighted by atomic mass is 9.99. The SMILES string of the molecule is CCC1OCCC1CNCC(O)c1cc(C)ccc1OC. The van der Waals surface area contributed by atoms with Crippen LogP contribution in [0.2, 0.25) is 0 Å². The average molecular weight is 293 g/mol. The minimum absolute atomic E-state index is 0.364. The van der Waals surface area contributed by atoms with Gasteiger partial charge in [0.2, 0.25) is 0 Å². The van der Waals surface area contributed by atoms with E-state index in [1.165, 1.54) is 0 Å². The first-order chi connectivity index (χ1) is 10.2. The number of hydrogen-bond donors (Lipinski definition) is 2. The number of aliphatic hydroxyl groups excluding tert-OH is 1. The molecule has 3 atom stereocenters. The molecule has 3 unspecified atom stereocenters. The summed E-state index contributed by atoms with van der Waals surface area (Å²) in [5.41, 5.74) is 1.97. The maximum atomic E-state index is 10.4. The van der Waals surface area contributed by atoms with Crippen molar-refractivity contribution in [3.63, 3.8) is 0 Å². The number of hydrogen-bond acceptors (Lipinski definition) is 4. The number of methoxy groups -OCH3 is 1. The van der Waals surface area contributed by atoms with Crippen LogP contribution in [0.5, 0.6) is 5.75 Å². The van der Waals surface area contributed by atoms with Crippen LogP contribution in [0.15, 0.2) is 18.2 Å². The molecule has 0 amide bonds.